The Bertz CT molecular complexity index is 829. The van der Waals surface area contributed by atoms with Crippen LogP contribution in [0.1, 0.15) is 25.3 Å². The van der Waals surface area contributed by atoms with E-state index in [1.807, 2.05) is 13.0 Å². The smallest absolute Gasteiger partial charge is 0.265 e. The molecule has 0 aliphatic heterocycles. The molecule has 1 fully saturated rings. The monoisotopic (exact) mass is 368 g/mol. The SMILES string of the molecule is COc1ccc(OC(C)C(=O)Nc2ccc(C)c(NC(=O)C3CC3)c2)cc1. The molecule has 0 heterocycles. The van der Waals surface area contributed by atoms with Gasteiger partial charge in [0.25, 0.3) is 5.91 Å². The Morgan fingerprint density at radius 2 is 1.70 bits per heavy atom. The fourth-order valence-corrected chi connectivity index (χ4v) is 2.57. The van der Waals surface area contributed by atoms with Gasteiger partial charge in [0.15, 0.2) is 6.10 Å². The summed E-state index contributed by atoms with van der Waals surface area (Å²) in [5.74, 6) is 1.20. The fourth-order valence-electron chi connectivity index (χ4n) is 2.57. The molecule has 0 bridgehead atoms. The van der Waals surface area contributed by atoms with Crippen molar-refractivity contribution in [3.8, 4) is 11.5 Å². The van der Waals surface area contributed by atoms with Crippen LogP contribution in [-0.4, -0.2) is 25.0 Å². The lowest BCUT2D eigenvalue weighted by Crippen LogP contribution is -2.30. The van der Waals surface area contributed by atoms with E-state index in [1.165, 1.54) is 0 Å². The van der Waals surface area contributed by atoms with E-state index in [0.29, 0.717) is 17.1 Å². The highest BCUT2D eigenvalue weighted by Crippen LogP contribution is 2.31. The van der Waals surface area contributed by atoms with Gasteiger partial charge in [-0.3, -0.25) is 9.59 Å². The van der Waals surface area contributed by atoms with Crippen molar-refractivity contribution in [2.75, 3.05) is 17.7 Å². The summed E-state index contributed by atoms with van der Waals surface area (Å²) in [6.07, 6.45) is 1.22. The van der Waals surface area contributed by atoms with Crippen LogP contribution in [0, 0.1) is 12.8 Å². The zero-order chi connectivity index (χ0) is 19.4. The second-order valence-corrected chi connectivity index (χ2v) is 6.72. The molecule has 6 heteroatoms. The number of methoxy groups -OCH3 is 1. The third-order valence-corrected chi connectivity index (χ3v) is 4.45. The number of carbonyl (C=O) groups is 2. The first-order chi connectivity index (χ1) is 13.0. The quantitative estimate of drug-likeness (QED) is 0.780. The van der Waals surface area contributed by atoms with Crippen molar-refractivity contribution in [3.05, 3.63) is 48.0 Å². The molecule has 1 unspecified atom stereocenters. The summed E-state index contributed by atoms with van der Waals surface area (Å²) < 4.78 is 10.8. The molecule has 142 valence electrons. The molecule has 2 aromatic carbocycles. The van der Waals surface area contributed by atoms with Crippen molar-refractivity contribution < 1.29 is 19.1 Å². The number of hydrogen-bond donors (Lipinski definition) is 2. The summed E-state index contributed by atoms with van der Waals surface area (Å²) in [7, 11) is 1.59. The van der Waals surface area contributed by atoms with E-state index < -0.39 is 6.10 Å². The molecule has 0 saturated heterocycles. The maximum atomic E-state index is 12.4. The van der Waals surface area contributed by atoms with Crippen LogP contribution in [-0.2, 0) is 9.59 Å². The molecule has 6 nitrogen and oxygen atoms in total. The lowest BCUT2D eigenvalue weighted by atomic mass is 10.1. The standard InChI is InChI=1S/C21H24N2O4/c1-13-4-7-16(12-19(13)23-21(25)15-5-6-15)22-20(24)14(2)27-18-10-8-17(26-3)9-11-18/h4,7-12,14-15H,5-6H2,1-3H3,(H,22,24)(H,23,25). The highest BCUT2D eigenvalue weighted by Gasteiger charge is 2.29. The minimum atomic E-state index is -0.677. The lowest BCUT2D eigenvalue weighted by molar-refractivity contribution is -0.122. The van der Waals surface area contributed by atoms with E-state index in [0.717, 1.165) is 24.2 Å². The van der Waals surface area contributed by atoms with Crippen LogP contribution in [0.25, 0.3) is 0 Å². The van der Waals surface area contributed by atoms with Crippen LogP contribution in [0.2, 0.25) is 0 Å². The van der Waals surface area contributed by atoms with Gasteiger partial charge in [0.2, 0.25) is 5.91 Å². The van der Waals surface area contributed by atoms with Gasteiger partial charge >= 0.3 is 0 Å². The first-order valence-electron chi connectivity index (χ1n) is 8.99. The number of hydrogen-bond acceptors (Lipinski definition) is 4. The first-order valence-corrected chi connectivity index (χ1v) is 8.99. The van der Waals surface area contributed by atoms with Gasteiger partial charge in [0.1, 0.15) is 11.5 Å². The Morgan fingerprint density at radius 3 is 2.33 bits per heavy atom. The molecular formula is C21H24N2O4. The first kappa shape index (κ1) is 18.8. The summed E-state index contributed by atoms with van der Waals surface area (Å²) in [4.78, 5) is 24.4. The van der Waals surface area contributed by atoms with E-state index in [2.05, 4.69) is 10.6 Å². The molecule has 2 N–H and O–H groups in total. The Labute approximate surface area is 158 Å². The lowest BCUT2D eigenvalue weighted by Gasteiger charge is -2.16. The number of carbonyl (C=O) groups excluding carboxylic acids is 2. The van der Waals surface area contributed by atoms with Gasteiger partial charge in [-0.15, -0.1) is 0 Å². The summed E-state index contributed by atoms with van der Waals surface area (Å²) in [6.45, 7) is 3.60. The zero-order valence-electron chi connectivity index (χ0n) is 15.7. The number of benzene rings is 2. The zero-order valence-corrected chi connectivity index (χ0v) is 15.7. The van der Waals surface area contributed by atoms with E-state index in [4.69, 9.17) is 9.47 Å². The van der Waals surface area contributed by atoms with Crippen LogP contribution in [0.15, 0.2) is 42.5 Å². The molecule has 1 saturated carbocycles. The van der Waals surface area contributed by atoms with Crippen LogP contribution in [0.5, 0.6) is 11.5 Å². The van der Waals surface area contributed by atoms with Crippen LogP contribution in [0.3, 0.4) is 0 Å². The predicted molar refractivity (Wildman–Crippen MR) is 104 cm³/mol. The van der Waals surface area contributed by atoms with Crippen molar-refractivity contribution in [2.45, 2.75) is 32.8 Å². The van der Waals surface area contributed by atoms with E-state index in [-0.39, 0.29) is 17.7 Å². The van der Waals surface area contributed by atoms with E-state index in [9.17, 15) is 9.59 Å². The number of rotatable bonds is 7. The van der Waals surface area contributed by atoms with Gasteiger partial charge < -0.3 is 20.1 Å². The van der Waals surface area contributed by atoms with Crippen LogP contribution >= 0.6 is 0 Å². The third kappa shape index (κ3) is 5.00. The van der Waals surface area contributed by atoms with Gasteiger partial charge in [-0.2, -0.15) is 0 Å². The molecular weight excluding hydrogens is 344 g/mol. The number of amides is 2. The Hall–Kier alpha value is -3.02. The molecule has 1 atom stereocenters. The maximum absolute atomic E-state index is 12.4. The van der Waals surface area contributed by atoms with Crippen LogP contribution in [0.4, 0.5) is 11.4 Å². The Kier molecular flexibility index (Phi) is 5.64. The van der Waals surface area contributed by atoms with Crippen LogP contribution < -0.4 is 20.1 Å². The molecule has 1 aliphatic rings. The number of aryl methyl sites for hydroxylation is 1. The van der Waals surface area contributed by atoms with Gasteiger partial charge in [0, 0.05) is 17.3 Å². The summed E-state index contributed by atoms with van der Waals surface area (Å²) in [5.41, 5.74) is 2.28. The average Bonchev–Trinajstić information content (AvgIpc) is 3.50. The number of anilines is 2. The summed E-state index contributed by atoms with van der Waals surface area (Å²) in [6, 6.07) is 12.5. The minimum absolute atomic E-state index is 0.0396. The number of ether oxygens (including phenoxy) is 2. The van der Waals surface area contributed by atoms with E-state index >= 15 is 0 Å². The van der Waals surface area contributed by atoms with Crippen molar-refractivity contribution in [2.24, 2.45) is 5.92 Å². The fraction of sp³-hybridized carbons (Fsp3) is 0.333. The van der Waals surface area contributed by atoms with E-state index in [1.54, 1.807) is 50.4 Å². The Balaban J connectivity index is 1.61. The molecule has 27 heavy (non-hydrogen) atoms. The molecule has 2 amide bonds. The van der Waals surface area contributed by atoms with Crippen molar-refractivity contribution in [1.29, 1.82) is 0 Å². The second kappa shape index (κ2) is 8.12. The van der Waals surface area contributed by atoms with Gasteiger partial charge in [-0.05, 0) is 68.7 Å². The molecule has 1 aliphatic carbocycles. The highest BCUT2D eigenvalue weighted by molar-refractivity contribution is 5.97. The topological polar surface area (TPSA) is 76.7 Å². The molecule has 3 rings (SSSR count). The average molecular weight is 368 g/mol. The number of nitrogens with one attached hydrogen (secondary N) is 2. The van der Waals surface area contributed by atoms with Crippen molar-refractivity contribution in [1.82, 2.24) is 0 Å². The molecule has 0 aromatic heterocycles. The Morgan fingerprint density at radius 1 is 1.04 bits per heavy atom. The second-order valence-electron chi connectivity index (χ2n) is 6.72. The maximum Gasteiger partial charge on any atom is 0.265 e. The summed E-state index contributed by atoms with van der Waals surface area (Å²) in [5, 5.41) is 5.76. The molecule has 0 radical (unpaired) electrons. The normalized spacial score (nSPS) is 14.2. The predicted octanol–water partition coefficient (Wildman–Crippen LogP) is 3.76. The molecule has 2 aromatic rings. The third-order valence-electron chi connectivity index (χ3n) is 4.45. The van der Waals surface area contributed by atoms with Gasteiger partial charge in [-0.1, -0.05) is 6.07 Å². The summed E-state index contributed by atoms with van der Waals surface area (Å²) >= 11 is 0. The largest absolute Gasteiger partial charge is 0.497 e. The van der Waals surface area contributed by atoms with Crippen molar-refractivity contribution >= 4 is 23.2 Å². The highest BCUT2D eigenvalue weighted by atomic mass is 16.5. The minimum Gasteiger partial charge on any atom is -0.497 e. The molecule has 0 spiro atoms. The van der Waals surface area contributed by atoms with Gasteiger partial charge in [-0.25, -0.2) is 0 Å². The van der Waals surface area contributed by atoms with Crippen molar-refractivity contribution in [3.63, 3.8) is 0 Å². The van der Waals surface area contributed by atoms with Gasteiger partial charge in [0.05, 0.1) is 7.11 Å².